The summed E-state index contributed by atoms with van der Waals surface area (Å²) in [6, 6.07) is 9.09. The van der Waals surface area contributed by atoms with Crippen LogP contribution in [0.5, 0.6) is 0 Å². The molecule has 1 aromatic carbocycles. The van der Waals surface area contributed by atoms with Gasteiger partial charge in [0.1, 0.15) is 0 Å². The Balaban J connectivity index is 0.00000132. The smallest absolute Gasteiger partial charge is 0.147 e. The number of fused-ring (bicyclic) bond motifs is 1. The zero-order chi connectivity index (χ0) is 15.5. The van der Waals surface area contributed by atoms with Crippen LogP contribution in [0, 0.1) is 5.92 Å². The van der Waals surface area contributed by atoms with Gasteiger partial charge in [0.2, 0.25) is 0 Å². The first-order chi connectivity index (χ1) is 9.55. The summed E-state index contributed by atoms with van der Waals surface area (Å²) in [5.74, 6) is 0.858. The molecule has 0 heterocycles. The molecule has 1 unspecified atom stereocenters. The topological polar surface area (TPSA) is 12.0 Å². The van der Waals surface area contributed by atoms with Gasteiger partial charge in [-0.05, 0) is 0 Å². The summed E-state index contributed by atoms with van der Waals surface area (Å²) in [4.78, 5) is 0. The van der Waals surface area contributed by atoms with E-state index in [1.54, 1.807) is 11.1 Å². The van der Waals surface area contributed by atoms with Gasteiger partial charge in [0.05, 0.1) is 0 Å². The Hall–Kier alpha value is 0.431. The van der Waals surface area contributed by atoms with Crippen LogP contribution < -0.4 is 3.80 Å². The van der Waals surface area contributed by atoms with Gasteiger partial charge < -0.3 is 0 Å². The zero-order valence-corrected chi connectivity index (χ0v) is 19.6. The second-order valence-electron chi connectivity index (χ2n) is 9.17. The molecule has 0 aliphatic heterocycles. The van der Waals surface area contributed by atoms with Crippen LogP contribution in [0.1, 0.15) is 49.0 Å². The van der Waals surface area contributed by atoms with E-state index in [1.807, 2.05) is 0 Å². The van der Waals surface area contributed by atoms with Gasteiger partial charge in [-0.15, -0.1) is 24.8 Å². The van der Waals surface area contributed by atoms with Crippen molar-refractivity contribution >= 4 is 38.5 Å². The minimum atomic E-state index is -2.80. The number of benzene rings is 1. The van der Waals surface area contributed by atoms with Crippen LogP contribution in [-0.2, 0) is 14.3 Å². The van der Waals surface area contributed by atoms with E-state index in [9.17, 15) is 0 Å². The molecule has 1 saturated carbocycles. The zero-order valence-electron chi connectivity index (χ0n) is 15.0. The van der Waals surface area contributed by atoms with Crippen LogP contribution in [0.4, 0.5) is 0 Å². The molecular formula is C18H31Cl2NSiTi. The summed E-state index contributed by atoms with van der Waals surface area (Å²) in [5.41, 5.74) is 5.00. The molecule has 0 bridgehead atoms. The van der Waals surface area contributed by atoms with Gasteiger partial charge in [-0.2, -0.15) is 0 Å². The molecule has 0 aromatic heterocycles. The van der Waals surface area contributed by atoms with E-state index in [1.165, 1.54) is 18.4 Å². The molecule has 1 N–H and O–H groups in total. The minimum absolute atomic E-state index is 0. The van der Waals surface area contributed by atoms with Gasteiger partial charge in [0.25, 0.3) is 0 Å². The number of hydrogen-bond donors (Lipinski definition) is 1. The van der Waals surface area contributed by atoms with Crippen molar-refractivity contribution in [3.63, 3.8) is 0 Å². The number of hydrogen-bond acceptors (Lipinski definition) is 1. The van der Waals surface area contributed by atoms with E-state index in [-0.39, 0.29) is 30.4 Å². The third-order valence-electron chi connectivity index (χ3n) is 4.72. The fourth-order valence-corrected chi connectivity index (χ4v) is 16.7. The van der Waals surface area contributed by atoms with E-state index in [2.05, 4.69) is 73.0 Å². The van der Waals surface area contributed by atoms with E-state index >= 15 is 0 Å². The third-order valence-corrected chi connectivity index (χ3v) is 13.5. The Labute approximate surface area is 156 Å². The summed E-state index contributed by atoms with van der Waals surface area (Å²) in [6.45, 7) is 6.95. The van der Waals surface area contributed by atoms with E-state index in [0.29, 0.717) is 4.22 Å². The molecule has 1 nitrogen and oxygen atoms in total. The monoisotopic (exact) mass is 407 g/mol. The van der Waals surface area contributed by atoms with Crippen molar-refractivity contribution in [2.24, 2.45) is 5.92 Å². The fourth-order valence-electron chi connectivity index (χ4n) is 4.45. The van der Waals surface area contributed by atoms with Crippen molar-refractivity contribution < 1.29 is 14.3 Å². The number of rotatable bonds is 3. The van der Waals surface area contributed by atoms with Gasteiger partial charge in [0.15, 0.2) is 0 Å². The fraction of sp³-hybridized carbons (Fsp3) is 0.556. The Morgan fingerprint density at radius 2 is 1.65 bits per heavy atom. The average Bonchev–Trinajstić information content (AvgIpc) is 3.04. The molecule has 2 aliphatic rings. The second kappa shape index (κ2) is 6.63. The van der Waals surface area contributed by atoms with Gasteiger partial charge in [-0.25, -0.2) is 0 Å². The first kappa shape index (κ1) is 21.5. The number of halogens is 2. The maximum atomic E-state index is 4.13. The second-order valence-corrected chi connectivity index (χ2v) is 28.2. The third kappa shape index (κ3) is 4.54. The van der Waals surface area contributed by atoms with Crippen molar-refractivity contribution in [1.29, 1.82) is 0 Å². The minimum Gasteiger partial charge on any atom is -0.147 e. The van der Waals surface area contributed by atoms with Crippen molar-refractivity contribution in [1.82, 2.24) is 3.80 Å². The molecule has 1 fully saturated rings. The van der Waals surface area contributed by atoms with E-state index in [4.69, 9.17) is 0 Å². The van der Waals surface area contributed by atoms with Gasteiger partial charge in [-0.3, -0.25) is 0 Å². The number of allylic oxidation sites excluding steroid dienone is 1. The molecule has 3 rings (SSSR count). The van der Waals surface area contributed by atoms with Crippen LogP contribution in [0.15, 0.2) is 29.8 Å². The predicted octanol–water partition coefficient (Wildman–Crippen LogP) is 5.02. The van der Waals surface area contributed by atoms with E-state index in [0.717, 1.165) is 5.92 Å². The first-order valence-electron chi connectivity index (χ1n) is 8.23. The van der Waals surface area contributed by atoms with Crippen molar-refractivity contribution in [3.05, 3.63) is 41.0 Å². The standard InChI is InChI=1S/C12H11.C4H10N.2CH3.2ClH.H2Si.Ti/c1-2-4-11-8-12(9-5-6-9)7-10(11)3-1;1-4(2,3)5;;;;;;/h1-4,7-9H,5-6H2;5H,1-3H3;2*1H3;2*1H;1H2;/q;-1;;;;;;+1. The Bertz CT molecular complexity index is 681. The summed E-state index contributed by atoms with van der Waals surface area (Å²) < 4.78 is 4.80. The SMILES string of the molecule is CC(C)(C)[NH][Ti]([CH3])([CH3])(=[SiH2])[CH]1C(C2CC2)=Cc2ccccc21.Cl.Cl. The molecule has 130 valence electrons. The summed E-state index contributed by atoms with van der Waals surface area (Å²) in [6.07, 6.45) is 5.32. The molecule has 1 aromatic rings. The Morgan fingerprint density at radius 3 is 2.17 bits per heavy atom. The molecule has 0 spiro atoms. The average molecular weight is 408 g/mol. The largest absolute Gasteiger partial charge is 0.147 e. The van der Waals surface area contributed by atoms with Gasteiger partial charge >= 0.3 is 133 Å². The van der Waals surface area contributed by atoms with E-state index < -0.39 is 14.3 Å². The van der Waals surface area contributed by atoms with Crippen LogP contribution >= 0.6 is 24.8 Å². The van der Waals surface area contributed by atoms with Gasteiger partial charge in [-0.1, -0.05) is 0 Å². The van der Waals surface area contributed by atoms with Crippen molar-refractivity contribution in [2.45, 2.75) is 53.8 Å². The maximum absolute atomic E-state index is 4.13. The molecule has 0 saturated heterocycles. The molecule has 0 radical (unpaired) electrons. The predicted molar refractivity (Wildman–Crippen MR) is 108 cm³/mol. The Morgan fingerprint density at radius 1 is 1.09 bits per heavy atom. The molecule has 5 heteroatoms. The molecule has 2 aliphatic carbocycles. The van der Waals surface area contributed by atoms with Gasteiger partial charge in [0, 0.05) is 0 Å². The summed E-state index contributed by atoms with van der Waals surface area (Å²) in [5, 5.41) is 5.17. The normalized spacial score (nSPS) is 21.0. The molecular weight excluding hydrogens is 377 g/mol. The molecule has 0 amide bonds. The number of nitrogens with one attached hydrogen (secondary N) is 1. The maximum Gasteiger partial charge on any atom is -0.147 e. The van der Waals surface area contributed by atoms with Crippen LogP contribution in [-0.4, -0.2) is 13.2 Å². The first-order valence-corrected chi connectivity index (χ1v) is 17.1. The van der Waals surface area contributed by atoms with Crippen LogP contribution in [0.2, 0.25) is 10.5 Å². The molecule has 1 atom stereocenters. The molecule has 23 heavy (non-hydrogen) atoms. The van der Waals surface area contributed by atoms with Crippen molar-refractivity contribution in [2.75, 3.05) is 0 Å². The summed E-state index contributed by atoms with van der Waals surface area (Å²) >= 11 is -2.80. The van der Waals surface area contributed by atoms with Crippen LogP contribution in [0.25, 0.3) is 6.08 Å². The van der Waals surface area contributed by atoms with Crippen LogP contribution in [0.3, 0.4) is 0 Å². The van der Waals surface area contributed by atoms with Crippen molar-refractivity contribution in [3.8, 4) is 0 Å². The summed E-state index contributed by atoms with van der Waals surface area (Å²) in [7, 11) is 2.32. The quantitative estimate of drug-likeness (QED) is 0.693. The Kier molecular flexibility index (Phi) is 6.19.